The topological polar surface area (TPSA) is 114 Å². The van der Waals surface area contributed by atoms with Gasteiger partial charge in [-0.1, -0.05) is 49.3 Å². The van der Waals surface area contributed by atoms with Gasteiger partial charge in [0.25, 0.3) is 15.9 Å². The summed E-state index contributed by atoms with van der Waals surface area (Å²) in [6.45, 7) is 3.93. The van der Waals surface area contributed by atoms with E-state index in [1.807, 2.05) is 44.2 Å². The highest BCUT2D eigenvalue weighted by Crippen LogP contribution is 2.38. The molecule has 2 aromatic carbocycles. The van der Waals surface area contributed by atoms with Crippen LogP contribution in [0.5, 0.6) is 0 Å². The molecule has 3 aromatic rings. The number of sulfonamides is 1. The Bertz CT molecular complexity index is 1230. The molecule has 1 amide bonds. The molecule has 0 spiro atoms. The van der Waals surface area contributed by atoms with E-state index in [-0.39, 0.29) is 11.8 Å². The van der Waals surface area contributed by atoms with Crippen molar-refractivity contribution >= 4 is 27.7 Å². The molecule has 1 fully saturated rings. The highest BCUT2D eigenvalue weighted by atomic mass is 32.2. The first-order chi connectivity index (χ1) is 15.8. The summed E-state index contributed by atoms with van der Waals surface area (Å²) in [6.07, 6.45) is 3.65. The number of nitrogens with one attached hydrogen (secondary N) is 2. The molecule has 1 atom stereocenters. The lowest BCUT2D eigenvalue weighted by molar-refractivity contribution is 0.0914. The number of amides is 1. The van der Waals surface area contributed by atoms with E-state index >= 15 is 0 Å². The number of nitrogens with zero attached hydrogens (tertiary/aromatic N) is 2. The van der Waals surface area contributed by atoms with Crippen molar-refractivity contribution in [2.75, 3.05) is 4.72 Å². The predicted octanol–water partition coefficient (Wildman–Crippen LogP) is 4.49. The summed E-state index contributed by atoms with van der Waals surface area (Å²) >= 11 is 0. The third-order valence-electron chi connectivity index (χ3n) is 5.27. The second-order valence-electron chi connectivity index (χ2n) is 8.40. The highest BCUT2D eigenvalue weighted by molar-refractivity contribution is 7.95. The van der Waals surface area contributed by atoms with E-state index in [4.69, 9.17) is 4.52 Å². The number of hydrogen-bond acceptors (Lipinski definition) is 6. The van der Waals surface area contributed by atoms with E-state index in [9.17, 15) is 13.2 Å². The van der Waals surface area contributed by atoms with Gasteiger partial charge in [-0.3, -0.25) is 9.52 Å². The first-order valence-electron chi connectivity index (χ1n) is 10.8. The standard InChI is InChI=1S/C24H26N4O4S/c1-16(2)21(24-26-22(27-32-24)18-8-9-18)25-23(29)19-10-12-20(13-11-19)28-33(30,31)15-14-17-6-4-3-5-7-17/h3-7,10-16,18,21,28H,8-9H2,1-2H3,(H,25,29)/b15-14+. The van der Waals surface area contributed by atoms with Crippen LogP contribution in [0.4, 0.5) is 5.69 Å². The molecule has 0 aliphatic heterocycles. The fraction of sp³-hybridized carbons (Fsp3) is 0.292. The van der Waals surface area contributed by atoms with Gasteiger partial charge in [0.2, 0.25) is 5.89 Å². The van der Waals surface area contributed by atoms with Crippen LogP contribution in [-0.2, 0) is 10.0 Å². The van der Waals surface area contributed by atoms with Gasteiger partial charge in [0.1, 0.15) is 6.04 Å². The van der Waals surface area contributed by atoms with Crippen LogP contribution >= 0.6 is 0 Å². The molecule has 9 heteroatoms. The molecule has 0 bridgehead atoms. The lowest BCUT2D eigenvalue weighted by atomic mass is 10.0. The zero-order chi connectivity index (χ0) is 23.4. The van der Waals surface area contributed by atoms with Gasteiger partial charge in [0.15, 0.2) is 5.82 Å². The molecule has 8 nitrogen and oxygen atoms in total. The summed E-state index contributed by atoms with van der Waals surface area (Å²) in [7, 11) is -3.69. The molecule has 1 aliphatic rings. The van der Waals surface area contributed by atoms with Crippen LogP contribution < -0.4 is 10.0 Å². The minimum absolute atomic E-state index is 0.0453. The fourth-order valence-electron chi connectivity index (χ4n) is 3.24. The van der Waals surface area contributed by atoms with Crippen LogP contribution in [0, 0.1) is 5.92 Å². The normalized spacial score (nSPS) is 15.0. The molecule has 1 heterocycles. The van der Waals surface area contributed by atoms with Crippen molar-refractivity contribution in [3.05, 3.63) is 82.8 Å². The lowest BCUT2D eigenvalue weighted by Crippen LogP contribution is -2.32. The van der Waals surface area contributed by atoms with Crippen LogP contribution in [-0.4, -0.2) is 24.5 Å². The Hall–Kier alpha value is -3.46. The van der Waals surface area contributed by atoms with Gasteiger partial charge in [-0.25, -0.2) is 8.42 Å². The number of hydrogen-bond donors (Lipinski definition) is 2. The maximum Gasteiger partial charge on any atom is 0.255 e. The van der Waals surface area contributed by atoms with E-state index in [2.05, 4.69) is 20.2 Å². The maximum absolute atomic E-state index is 12.8. The molecule has 1 unspecified atom stereocenters. The summed E-state index contributed by atoms with van der Waals surface area (Å²) in [5.41, 5.74) is 1.53. The Morgan fingerprint density at radius 1 is 1.09 bits per heavy atom. The Morgan fingerprint density at radius 2 is 1.79 bits per heavy atom. The van der Waals surface area contributed by atoms with E-state index in [1.54, 1.807) is 24.3 Å². The van der Waals surface area contributed by atoms with Crippen molar-refractivity contribution in [1.29, 1.82) is 0 Å². The average molecular weight is 467 g/mol. The average Bonchev–Trinajstić information content (AvgIpc) is 3.54. The SMILES string of the molecule is CC(C)C(NC(=O)c1ccc(NS(=O)(=O)/C=C/c2ccccc2)cc1)c1nc(C2CC2)no1. The first-order valence-corrected chi connectivity index (χ1v) is 12.4. The van der Waals surface area contributed by atoms with Gasteiger partial charge >= 0.3 is 0 Å². The molecular weight excluding hydrogens is 440 g/mol. The second kappa shape index (κ2) is 9.58. The lowest BCUT2D eigenvalue weighted by Gasteiger charge is -2.18. The summed E-state index contributed by atoms with van der Waals surface area (Å²) in [4.78, 5) is 17.2. The summed E-state index contributed by atoms with van der Waals surface area (Å²) in [5, 5.41) is 8.08. The minimum atomic E-state index is -3.69. The summed E-state index contributed by atoms with van der Waals surface area (Å²) < 4.78 is 32.5. The first kappa shape index (κ1) is 22.7. The van der Waals surface area contributed by atoms with E-state index in [1.165, 1.54) is 6.08 Å². The molecule has 1 saturated carbocycles. The molecule has 0 radical (unpaired) electrons. The largest absolute Gasteiger partial charge is 0.340 e. The molecule has 4 rings (SSSR count). The van der Waals surface area contributed by atoms with Gasteiger partial charge in [-0.2, -0.15) is 4.98 Å². The van der Waals surface area contributed by atoms with Gasteiger partial charge in [0.05, 0.1) is 5.41 Å². The third kappa shape index (κ3) is 6.07. The molecular formula is C24H26N4O4S. The number of benzene rings is 2. The van der Waals surface area contributed by atoms with Gasteiger partial charge in [-0.05, 0) is 54.7 Å². The van der Waals surface area contributed by atoms with Crippen LogP contribution in [0.25, 0.3) is 6.08 Å². The van der Waals surface area contributed by atoms with E-state index < -0.39 is 16.1 Å². The number of rotatable bonds is 9. The van der Waals surface area contributed by atoms with Crippen LogP contribution in [0.2, 0.25) is 0 Å². The molecule has 1 aliphatic carbocycles. The smallest absolute Gasteiger partial charge is 0.255 e. The van der Waals surface area contributed by atoms with Crippen molar-refractivity contribution in [2.45, 2.75) is 38.6 Å². The summed E-state index contributed by atoms with van der Waals surface area (Å²) in [6, 6.07) is 14.9. The Kier molecular flexibility index (Phi) is 6.60. The van der Waals surface area contributed by atoms with Crippen molar-refractivity contribution in [2.24, 2.45) is 5.92 Å². The second-order valence-corrected chi connectivity index (χ2v) is 9.96. The molecule has 33 heavy (non-hydrogen) atoms. The monoisotopic (exact) mass is 466 g/mol. The molecule has 2 N–H and O–H groups in total. The van der Waals surface area contributed by atoms with Gasteiger partial charge in [-0.15, -0.1) is 0 Å². The zero-order valence-electron chi connectivity index (χ0n) is 18.4. The minimum Gasteiger partial charge on any atom is -0.340 e. The molecule has 0 saturated heterocycles. The highest BCUT2D eigenvalue weighted by Gasteiger charge is 2.31. The number of aromatic nitrogens is 2. The zero-order valence-corrected chi connectivity index (χ0v) is 19.2. The Labute approximate surface area is 193 Å². The van der Waals surface area contributed by atoms with E-state index in [0.717, 1.165) is 23.8 Å². The predicted molar refractivity (Wildman–Crippen MR) is 126 cm³/mol. The van der Waals surface area contributed by atoms with Crippen LogP contribution in [0.3, 0.4) is 0 Å². The van der Waals surface area contributed by atoms with E-state index in [0.29, 0.717) is 28.9 Å². The maximum atomic E-state index is 12.8. The van der Waals surface area contributed by atoms with Crippen molar-refractivity contribution in [1.82, 2.24) is 15.5 Å². The van der Waals surface area contributed by atoms with Crippen molar-refractivity contribution in [3.63, 3.8) is 0 Å². The van der Waals surface area contributed by atoms with Gasteiger partial charge in [0, 0.05) is 17.2 Å². The summed E-state index contributed by atoms with van der Waals surface area (Å²) in [5.74, 6) is 1.20. The van der Waals surface area contributed by atoms with Crippen LogP contribution in [0.1, 0.15) is 66.3 Å². The Morgan fingerprint density at radius 3 is 2.42 bits per heavy atom. The number of anilines is 1. The fourth-order valence-corrected chi connectivity index (χ4v) is 4.11. The third-order valence-corrected chi connectivity index (χ3v) is 6.28. The molecule has 1 aromatic heterocycles. The van der Waals surface area contributed by atoms with Crippen molar-refractivity contribution < 1.29 is 17.7 Å². The quantitative estimate of drug-likeness (QED) is 0.480. The number of carbonyl (C=O) groups excluding carboxylic acids is 1. The van der Waals surface area contributed by atoms with Gasteiger partial charge < -0.3 is 9.84 Å². The Balaban J connectivity index is 1.40. The number of carbonyl (C=O) groups is 1. The van der Waals surface area contributed by atoms with Crippen molar-refractivity contribution in [3.8, 4) is 0 Å². The molecule has 172 valence electrons. The van der Waals surface area contributed by atoms with Crippen LogP contribution in [0.15, 0.2) is 64.5 Å².